The second-order valence-electron chi connectivity index (χ2n) is 9.63. The molecule has 1 heterocycles. The van der Waals surface area contributed by atoms with E-state index in [0.717, 1.165) is 40.7 Å². The van der Waals surface area contributed by atoms with Gasteiger partial charge < -0.3 is 0 Å². The number of fused-ring (bicyclic) bond motifs is 1. The molecule has 0 N–H and O–H groups in total. The molecule has 0 aromatic heterocycles. The van der Waals surface area contributed by atoms with Crippen LogP contribution in [0.5, 0.6) is 0 Å². The first kappa shape index (κ1) is 23.1. The summed E-state index contributed by atoms with van der Waals surface area (Å²) < 4.78 is 0. The number of nitrogens with zero attached hydrogens (tertiary/aromatic N) is 3. The number of benzene rings is 4. The Hall–Kier alpha value is -4.31. The van der Waals surface area contributed by atoms with Crippen molar-refractivity contribution in [3.05, 3.63) is 144 Å². The number of carbonyl (C=O) groups is 1. The maximum Gasteiger partial charge on any atom is 0.198 e. The normalized spacial score (nSPS) is 22.5. The highest BCUT2D eigenvalue weighted by Gasteiger charge is 2.72. The molecule has 37 heavy (non-hydrogen) atoms. The molecule has 2 aliphatic rings. The first-order chi connectivity index (χ1) is 18.2. The minimum absolute atomic E-state index is 0.0358. The molecule has 182 valence electrons. The fraction of sp³-hybridized carbons (Fsp3) is 0.182. The van der Waals surface area contributed by atoms with Crippen LogP contribution in [0.2, 0.25) is 0 Å². The van der Waals surface area contributed by atoms with Gasteiger partial charge in [-0.2, -0.15) is 5.11 Å². The van der Waals surface area contributed by atoms with Gasteiger partial charge in [-0.1, -0.05) is 140 Å². The smallest absolute Gasteiger partial charge is 0.198 e. The number of carbonyl (C=O) groups excluding carboxylic acids is 1. The third-order valence-corrected chi connectivity index (χ3v) is 7.61. The zero-order chi connectivity index (χ0) is 25.3. The van der Waals surface area contributed by atoms with Gasteiger partial charge in [0.25, 0.3) is 0 Å². The maximum absolute atomic E-state index is 15.2. The molecule has 2 atom stereocenters. The Morgan fingerprint density at radius 1 is 0.676 bits per heavy atom. The Morgan fingerprint density at radius 2 is 1.19 bits per heavy atom. The van der Waals surface area contributed by atoms with Gasteiger partial charge in [0.1, 0.15) is 0 Å². The molecule has 0 spiro atoms. The first-order valence-corrected chi connectivity index (χ1v) is 13.0. The summed E-state index contributed by atoms with van der Waals surface area (Å²) in [6.07, 6.45) is 1.90. The van der Waals surface area contributed by atoms with Crippen LogP contribution in [0.3, 0.4) is 0 Å². The van der Waals surface area contributed by atoms with Crippen LogP contribution in [0.25, 0.3) is 11.1 Å². The highest BCUT2D eigenvalue weighted by molar-refractivity contribution is 6.37. The molecule has 1 aliphatic heterocycles. The van der Waals surface area contributed by atoms with E-state index in [1.54, 1.807) is 0 Å². The molecule has 0 fully saturated rings. The van der Waals surface area contributed by atoms with Crippen LogP contribution >= 0.6 is 0 Å². The number of hydrogen-bond acceptors (Lipinski definition) is 4. The summed E-state index contributed by atoms with van der Waals surface area (Å²) in [6, 6.07) is 40.6. The van der Waals surface area contributed by atoms with Crippen molar-refractivity contribution in [2.75, 3.05) is 6.54 Å². The van der Waals surface area contributed by atoms with E-state index in [4.69, 9.17) is 10.3 Å². The molecule has 4 aromatic rings. The van der Waals surface area contributed by atoms with E-state index in [1.165, 1.54) is 0 Å². The topological polar surface area (TPSA) is 45.0 Å². The molecule has 1 aliphatic carbocycles. The zero-order valence-electron chi connectivity index (χ0n) is 20.9. The Balaban J connectivity index is 1.78. The lowest BCUT2D eigenvalue weighted by atomic mass is 9.66. The summed E-state index contributed by atoms with van der Waals surface area (Å²) in [4.78, 5) is 15.2. The van der Waals surface area contributed by atoms with Crippen LogP contribution < -0.4 is 0 Å². The van der Waals surface area contributed by atoms with Gasteiger partial charge >= 0.3 is 0 Å². The van der Waals surface area contributed by atoms with E-state index in [0.29, 0.717) is 12.1 Å². The van der Waals surface area contributed by atoms with Crippen molar-refractivity contribution < 1.29 is 4.79 Å². The number of unbranched alkanes of at least 4 members (excludes halogenated alkanes) is 1. The van der Waals surface area contributed by atoms with Crippen LogP contribution in [0.4, 0.5) is 0 Å². The Morgan fingerprint density at radius 3 is 1.76 bits per heavy atom. The van der Waals surface area contributed by atoms with Crippen molar-refractivity contribution in [3.8, 4) is 0 Å². The number of rotatable bonds is 7. The summed E-state index contributed by atoms with van der Waals surface area (Å²) in [6.45, 7) is 2.80. The Labute approximate surface area is 218 Å². The molecule has 0 saturated heterocycles. The summed E-state index contributed by atoms with van der Waals surface area (Å²) in [5.74, 6) is 0.0358. The summed E-state index contributed by atoms with van der Waals surface area (Å²) >= 11 is 0. The minimum atomic E-state index is -1.14. The zero-order valence-corrected chi connectivity index (χ0v) is 20.9. The van der Waals surface area contributed by atoms with E-state index in [-0.39, 0.29) is 5.78 Å². The van der Waals surface area contributed by atoms with E-state index in [2.05, 4.69) is 43.3 Å². The lowest BCUT2D eigenvalue weighted by molar-refractivity contribution is -0.126. The van der Waals surface area contributed by atoms with Gasteiger partial charge in [0.05, 0.1) is 0 Å². The van der Waals surface area contributed by atoms with Gasteiger partial charge in [-0.05, 0) is 28.7 Å². The maximum atomic E-state index is 15.2. The highest BCUT2D eigenvalue weighted by Crippen LogP contribution is 2.66. The third-order valence-electron chi connectivity index (χ3n) is 7.61. The molecule has 6 rings (SSSR count). The second kappa shape index (κ2) is 9.29. The van der Waals surface area contributed by atoms with E-state index < -0.39 is 11.1 Å². The van der Waals surface area contributed by atoms with Gasteiger partial charge in [-0.15, -0.1) is 0 Å². The average molecular weight is 484 g/mol. The molecule has 0 bridgehead atoms. The fourth-order valence-corrected chi connectivity index (χ4v) is 6.05. The van der Waals surface area contributed by atoms with Gasteiger partial charge in [-0.3, -0.25) is 9.80 Å². The molecule has 0 saturated carbocycles. The highest BCUT2D eigenvalue weighted by atomic mass is 16.1. The summed E-state index contributed by atoms with van der Waals surface area (Å²) in [5, 5.41) is 11.9. The molecular formula is C33H29N3O. The van der Waals surface area contributed by atoms with E-state index in [1.807, 2.05) is 89.9 Å². The van der Waals surface area contributed by atoms with Crippen LogP contribution in [0, 0.1) is 0 Å². The first-order valence-electron chi connectivity index (χ1n) is 13.0. The molecule has 0 radical (unpaired) electrons. The van der Waals surface area contributed by atoms with Crippen molar-refractivity contribution in [1.29, 1.82) is 0 Å². The van der Waals surface area contributed by atoms with Crippen LogP contribution in [0.1, 0.15) is 42.0 Å². The molecule has 4 heteroatoms. The average Bonchev–Trinajstić information content (AvgIpc) is 3.43. The molecule has 4 nitrogen and oxygen atoms in total. The standard InChI is InChI=1S/C33H29N3O/c1-2-3-24-36-33(28-22-14-7-15-23-28)31(37)29(25-16-8-4-9-17-25)30(26-18-10-5-11-19-26)32(33,34-35-36)27-20-12-6-13-21-27/h4-23H,2-3,24H2,1H3/t32-,33+/m0/s1. The quantitative estimate of drug-likeness (QED) is 0.274. The monoisotopic (exact) mass is 483 g/mol. The number of ketones is 1. The van der Waals surface area contributed by atoms with Crippen LogP contribution in [0.15, 0.2) is 132 Å². The van der Waals surface area contributed by atoms with Crippen molar-refractivity contribution in [2.45, 2.75) is 30.8 Å². The van der Waals surface area contributed by atoms with Crippen LogP contribution in [-0.2, 0) is 15.9 Å². The predicted molar refractivity (Wildman–Crippen MR) is 147 cm³/mol. The lowest BCUT2D eigenvalue weighted by Gasteiger charge is -2.43. The van der Waals surface area contributed by atoms with Crippen molar-refractivity contribution >= 4 is 16.9 Å². The number of hydrogen-bond donors (Lipinski definition) is 0. The molecular weight excluding hydrogens is 454 g/mol. The SMILES string of the molecule is CCCCN1N=N[C@@]2(c3ccccc3)C(c3ccccc3)=C(c3ccccc3)C(=O)[C@@]12c1ccccc1. The molecule has 0 amide bonds. The third kappa shape index (κ3) is 3.25. The number of Topliss-reactive ketones (excluding diaryl/α,β-unsaturated/α-hetero) is 1. The van der Waals surface area contributed by atoms with Crippen molar-refractivity contribution in [1.82, 2.24) is 5.01 Å². The van der Waals surface area contributed by atoms with Crippen molar-refractivity contribution in [2.24, 2.45) is 10.3 Å². The van der Waals surface area contributed by atoms with Gasteiger partial charge in [-0.25, -0.2) is 0 Å². The predicted octanol–water partition coefficient (Wildman–Crippen LogP) is 7.45. The van der Waals surface area contributed by atoms with Gasteiger partial charge in [0.15, 0.2) is 16.9 Å². The Kier molecular flexibility index (Phi) is 5.80. The minimum Gasteiger partial charge on any atom is -0.291 e. The lowest BCUT2D eigenvalue weighted by Crippen LogP contribution is -2.56. The van der Waals surface area contributed by atoms with E-state index >= 15 is 4.79 Å². The van der Waals surface area contributed by atoms with Crippen LogP contribution in [-0.4, -0.2) is 17.3 Å². The second-order valence-corrected chi connectivity index (χ2v) is 9.63. The molecule has 0 unspecified atom stereocenters. The summed E-state index contributed by atoms with van der Waals surface area (Å²) in [5.41, 5.74) is 3.17. The summed E-state index contributed by atoms with van der Waals surface area (Å²) in [7, 11) is 0. The van der Waals surface area contributed by atoms with Crippen molar-refractivity contribution in [3.63, 3.8) is 0 Å². The molecule has 4 aromatic carbocycles. The van der Waals surface area contributed by atoms with Gasteiger partial charge in [0.2, 0.25) is 0 Å². The van der Waals surface area contributed by atoms with Gasteiger partial charge in [0, 0.05) is 17.7 Å². The Bertz CT molecular complexity index is 1470. The van der Waals surface area contributed by atoms with E-state index in [9.17, 15) is 0 Å². The largest absolute Gasteiger partial charge is 0.291 e. The fourth-order valence-electron chi connectivity index (χ4n) is 6.05.